The summed E-state index contributed by atoms with van der Waals surface area (Å²) in [6.07, 6.45) is -0.0811. The topological polar surface area (TPSA) is 129 Å². The van der Waals surface area contributed by atoms with E-state index < -0.39 is 12.2 Å². The van der Waals surface area contributed by atoms with Crippen molar-refractivity contribution in [3.63, 3.8) is 0 Å². The predicted molar refractivity (Wildman–Crippen MR) is 99.1 cm³/mol. The van der Waals surface area contributed by atoms with Crippen LogP contribution in [0, 0.1) is 0 Å². The number of aliphatic hydroxyl groups excluding tert-OH is 1. The third-order valence-corrected chi connectivity index (χ3v) is 5.16. The van der Waals surface area contributed by atoms with Crippen molar-refractivity contribution in [3.05, 3.63) is 35.7 Å². The number of ether oxygens (including phenoxy) is 1. The van der Waals surface area contributed by atoms with Crippen molar-refractivity contribution in [2.24, 2.45) is 0 Å². The number of carboxylic acid groups (broad SMARTS) is 1. The molecule has 2 saturated heterocycles. The van der Waals surface area contributed by atoms with Crippen LogP contribution >= 0.6 is 0 Å². The Balaban J connectivity index is 1.30. The number of benzene rings is 1. The van der Waals surface area contributed by atoms with Gasteiger partial charge in [-0.2, -0.15) is 4.98 Å². The average Bonchev–Trinajstić information content (AvgIpc) is 3.19. The molecule has 0 bridgehead atoms. The molecule has 2 N–H and O–H groups in total. The van der Waals surface area contributed by atoms with E-state index >= 15 is 0 Å². The number of aromatic nitrogens is 2. The highest BCUT2D eigenvalue weighted by Gasteiger charge is 2.29. The fourth-order valence-electron chi connectivity index (χ4n) is 3.40. The SMILES string of the molecule is O=C(O)N1CCC(OCc2noc(-c3ccc(C(=O)N4CC(O)C4)cc3)n2)CC1. The maximum atomic E-state index is 12.2. The lowest BCUT2D eigenvalue weighted by Gasteiger charge is -2.35. The zero-order chi connectivity index (χ0) is 20.4. The number of nitrogens with zero attached hydrogens (tertiary/aromatic N) is 4. The van der Waals surface area contributed by atoms with Gasteiger partial charge in [-0.25, -0.2) is 4.79 Å². The van der Waals surface area contributed by atoms with Crippen LogP contribution < -0.4 is 0 Å². The number of hydrogen-bond donors (Lipinski definition) is 2. The highest BCUT2D eigenvalue weighted by Crippen LogP contribution is 2.21. The van der Waals surface area contributed by atoms with E-state index in [9.17, 15) is 14.7 Å². The number of aliphatic hydroxyl groups is 1. The molecule has 3 heterocycles. The Kier molecular flexibility index (Phi) is 5.45. The van der Waals surface area contributed by atoms with Gasteiger partial charge in [0.15, 0.2) is 5.82 Å². The number of β-amino-alcohol motifs (C(OH)–C–C–N with tert-alkyl or cyclic N) is 1. The molecule has 0 unspecified atom stereocenters. The van der Waals surface area contributed by atoms with Crippen LogP contribution in [0.3, 0.4) is 0 Å². The molecule has 10 nitrogen and oxygen atoms in total. The first-order chi connectivity index (χ1) is 14.0. The van der Waals surface area contributed by atoms with Gasteiger partial charge in [0.05, 0.1) is 12.2 Å². The molecule has 0 radical (unpaired) electrons. The second kappa shape index (κ2) is 8.18. The quantitative estimate of drug-likeness (QED) is 0.764. The Morgan fingerprint density at radius 1 is 1.14 bits per heavy atom. The molecule has 2 aliphatic heterocycles. The number of likely N-dealkylation sites (tertiary alicyclic amines) is 2. The molecule has 2 fully saturated rings. The standard InChI is InChI=1S/C19H22N4O6/c24-14-9-23(10-14)18(25)13-3-1-12(2-4-13)17-20-16(21-29-17)11-28-15-5-7-22(8-6-15)19(26)27/h1-4,14-15,24H,5-11H2,(H,26,27). The fraction of sp³-hybridized carbons (Fsp3) is 0.474. The molecule has 1 aromatic carbocycles. The predicted octanol–water partition coefficient (Wildman–Crippen LogP) is 1.21. The maximum absolute atomic E-state index is 12.2. The monoisotopic (exact) mass is 402 g/mol. The maximum Gasteiger partial charge on any atom is 0.407 e. The van der Waals surface area contributed by atoms with Gasteiger partial charge in [-0.05, 0) is 37.1 Å². The summed E-state index contributed by atoms with van der Waals surface area (Å²) in [7, 11) is 0. The van der Waals surface area contributed by atoms with E-state index in [4.69, 9.17) is 14.4 Å². The molecule has 0 saturated carbocycles. The van der Waals surface area contributed by atoms with Gasteiger partial charge in [0.1, 0.15) is 6.61 Å². The Morgan fingerprint density at radius 3 is 2.45 bits per heavy atom. The summed E-state index contributed by atoms with van der Waals surface area (Å²) >= 11 is 0. The second-order valence-corrected chi connectivity index (χ2v) is 7.24. The van der Waals surface area contributed by atoms with Crippen LogP contribution in [0.1, 0.15) is 29.0 Å². The molecule has 0 atom stereocenters. The van der Waals surface area contributed by atoms with Crippen LogP contribution in [-0.4, -0.2) is 80.5 Å². The molecule has 1 aromatic heterocycles. The summed E-state index contributed by atoms with van der Waals surface area (Å²) in [5.74, 6) is 0.633. The molecule has 0 spiro atoms. The zero-order valence-corrected chi connectivity index (χ0v) is 15.7. The van der Waals surface area contributed by atoms with Crippen LogP contribution in [-0.2, 0) is 11.3 Å². The Hall–Kier alpha value is -2.98. The number of amides is 2. The van der Waals surface area contributed by atoms with Gasteiger partial charge in [-0.15, -0.1) is 0 Å². The van der Waals surface area contributed by atoms with Gasteiger partial charge < -0.3 is 29.3 Å². The minimum Gasteiger partial charge on any atom is -0.465 e. The molecular weight excluding hydrogens is 380 g/mol. The third kappa shape index (κ3) is 4.38. The lowest BCUT2D eigenvalue weighted by molar-refractivity contribution is -0.00295. The first-order valence-corrected chi connectivity index (χ1v) is 9.49. The summed E-state index contributed by atoms with van der Waals surface area (Å²) in [5.41, 5.74) is 1.23. The van der Waals surface area contributed by atoms with Gasteiger partial charge in [0, 0.05) is 37.3 Å². The van der Waals surface area contributed by atoms with Gasteiger partial charge >= 0.3 is 6.09 Å². The second-order valence-electron chi connectivity index (χ2n) is 7.24. The van der Waals surface area contributed by atoms with Crippen LogP contribution in [0.4, 0.5) is 4.79 Å². The summed E-state index contributed by atoms with van der Waals surface area (Å²) in [4.78, 5) is 30.4. The molecule has 2 amide bonds. The normalized spacial score (nSPS) is 18.0. The molecular formula is C19H22N4O6. The van der Waals surface area contributed by atoms with E-state index in [1.165, 1.54) is 4.90 Å². The first-order valence-electron chi connectivity index (χ1n) is 9.49. The molecule has 2 aliphatic rings. The molecule has 29 heavy (non-hydrogen) atoms. The van der Waals surface area contributed by atoms with Crippen molar-refractivity contribution in [2.45, 2.75) is 31.7 Å². The minimum absolute atomic E-state index is 0.0298. The van der Waals surface area contributed by atoms with Crippen molar-refractivity contribution in [1.29, 1.82) is 0 Å². The highest BCUT2D eigenvalue weighted by atomic mass is 16.5. The lowest BCUT2D eigenvalue weighted by Crippen LogP contribution is -2.53. The minimum atomic E-state index is -0.901. The molecule has 2 aromatic rings. The summed E-state index contributed by atoms with van der Waals surface area (Å²) in [6, 6.07) is 6.87. The van der Waals surface area contributed by atoms with Crippen molar-refractivity contribution in [2.75, 3.05) is 26.2 Å². The highest BCUT2D eigenvalue weighted by molar-refractivity contribution is 5.95. The van der Waals surface area contributed by atoms with Crippen molar-refractivity contribution < 1.29 is 29.1 Å². The van der Waals surface area contributed by atoms with E-state index in [0.29, 0.717) is 61.9 Å². The number of hydrogen-bond acceptors (Lipinski definition) is 7. The molecule has 4 rings (SSSR count). The Bertz CT molecular complexity index is 869. The van der Waals surface area contributed by atoms with Crippen LogP contribution in [0.25, 0.3) is 11.5 Å². The summed E-state index contributed by atoms with van der Waals surface area (Å²) < 4.78 is 11.1. The van der Waals surface area contributed by atoms with Crippen LogP contribution in [0.2, 0.25) is 0 Å². The summed E-state index contributed by atoms with van der Waals surface area (Å²) in [6.45, 7) is 1.83. The van der Waals surface area contributed by atoms with Crippen LogP contribution in [0.5, 0.6) is 0 Å². The fourth-order valence-corrected chi connectivity index (χ4v) is 3.40. The number of piperidine rings is 1. The smallest absolute Gasteiger partial charge is 0.407 e. The lowest BCUT2D eigenvalue weighted by atomic mass is 10.1. The number of carbonyl (C=O) groups is 2. The van der Waals surface area contributed by atoms with Gasteiger partial charge in [-0.1, -0.05) is 5.16 Å². The zero-order valence-electron chi connectivity index (χ0n) is 15.7. The van der Waals surface area contributed by atoms with E-state index in [1.807, 2.05) is 0 Å². The van der Waals surface area contributed by atoms with E-state index in [-0.39, 0.29) is 18.6 Å². The molecule has 154 valence electrons. The molecule has 0 aliphatic carbocycles. The van der Waals surface area contributed by atoms with Crippen molar-refractivity contribution >= 4 is 12.0 Å². The first kappa shape index (κ1) is 19.3. The van der Waals surface area contributed by atoms with Crippen molar-refractivity contribution in [3.8, 4) is 11.5 Å². The van der Waals surface area contributed by atoms with E-state index in [1.54, 1.807) is 29.2 Å². The number of carbonyl (C=O) groups excluding carboxylic acids is 1. The number of rotatable bonds is 5. The average molecular weight is 402 g/mol. The van der Waals surface area contributed by atoms with E-state index in [0.717, 1.165) is 0 Å². The van der Waals surface area contributed by atoms with Gasteiger partial charge in [0.25, 0.3) is 11.8 Å². The summed E-state index contributed by atoms with van der Waals surface area (Å²) in [5, 5.41) is 22.2. The Labute approximate surface area is 166 Å². The molecule has 10 heteroatoms. The van der Waals surface area contributed by atoms with Crippen LogP contribution in [0.15, 0.2) is 28.8 Å². The Morgan fingerprint density at radius 2 is 1.83 bits per heavy atom. The largest absolute Gasteiger partial charge is 0.465 e. The van der Waals surface area contributed by atoms with Gasteiger partial charge in [0.2, 0.25) is 0 Å². The van der Waals surface area contributed by atoms with E-state index in [2.05, 4.69) is 10.1 Å². The van der Waals surface area contributed by atoms with Gasteiger partial charge in [-0.3, -0.25) is 4.79 Å². The van der Waals surface area contributed by atoms with Crippen molar-refractivity contribution in [1.82, 2.24) is 19.9 Å². The third-order valence-electron chi connectivity index (χ3n) is 5.16.